The lowest BCUT2D eigenvalue weighted by atomic mass is 10.1. The first kappa shape index (κ1) is 16.8. The largest absolute Gasteiger partial charge is 0.454 e. The normalized spacial score (nSPS) is 12.8. The maximum Gasteiger partial charge on any atom is 0.240 e. The molecule has 0 aliphatic carbocycles. The summed E-state index contributed by atoms with van der Waals surface area (Å²) in [4.78, 5) is 11.7. The monoisotopic (exact) mass is 368 g/mol. The van der Waals surface area contributed by atoms with Gasteiger partial charge in [-0.05, 0) is 34.5 Å². The fourth-order valence-corrected chi connectivity index (χ4v) is 2.58. The third kappa shape index (κ3) is 5.02. The van der Waals surface area contributed by atoms with Crippen LogP contribution in [-0.4, -0.2) is 18.9 Å². The van der Waals surface area contributed by atoms with Crippen molar-refractivity contribution in [3.05, 3.63) is 22.2 Å². The van der Waals surface area contributed by atoms with Crippen LogP contribution in [-0.2, 0) is 4.79 Å². The van der Waals surface area contributed by atoms with Crippen molar-refractivity contribution in [3.8, 4) is 11.5 Å². The summed E-state index contributed by atoms with van der Waals surface area (Å²) in [6.45, 7) is 2.41. The second-order valence-corrected chi connectivity index (χ2v) is 6.04. The zero-order valence-electron chi connectivity index (χ0n) is 12.7. The first-order valence-corrected chi connectivity index (χ1v) is 8.41. The molecule has 5 nitrogen and oxygen atoms in total. The quantitative estimate of drug-likeness (QED) is 0.428. The summed E-state index contributed by atoms with van der Waals surface area (Å²) in [6, 6.07) is 3.66. The van der Waals surface area contributed by atoms with Crippen LogP contribution >= 0.6 is 15.9 Å². The lowest BCUT2D eigenvalue weighted by Crippen LogP contribution is -2.16. The van der Waals surface area contributed by atoms with Crippen molar-refractivity contribution in [3.63, 3.8) is 0 Å². The molecule has 1 amide bonds. The molecule has 0 unspecified atom stereocenters. The maximum atomic E-state index is 11.7. The minimum Gasteiger partial charge on any atom is -0.454 e. The van der Waals surface area contributed by atoms with E-state index in [2.05, 4.69) is 33.4 Å². The van der Waals surface area contributed by atoms with Crippen molar-refractivity contribution < 1.29 is 14.3 Å². The van der Waals surface area contributed by atoms with E-state index < -0.39 is 0 Å². The van der Waals surface area contributed by atoms with Gasteiger partial charge in [0.15, 0.2) is 11.5 Å². The number of amides is 1. The van der Waals surface area contributed by atoms with Crippen LogP contribution < -0.4 is 14.9 Å². The van der Waals surface area contributed by atoms with Gasteiger partial charge in [-0.25, -0.2) is 5.43 Å². The summed E-state index contributed by atoms with van der Waals surface area (Å²) in [5, 5.41) is 3.99. The minimum atomic E-state index is -0.0513. The highest BCUT2D eigenvalue weighted by atomic mass is 79.9. The standard InChI is InChI=1S/C16H21BrN2O3/c1-2-3-4-5-6-7-16(20)19-18-10-12-8-14-15(9-13(12)17)22-11-21-14/h8-10H,2-7,11H2,1H3,(H,19,20)/b18-10-. The topological polar surface area (TPSA) is 59.9 Å². The molecule has 0 atom stereocenters. The number of carbonyl (C=O) groups is 1. The van der Waals surface area contributed by atoms with E-state index in [4.69, 9.17) is 9.47 Å². The molecule has 120 valence electrons. The van der Waals surface area contributed by atoms with Gasteiger partial charge in [0.1, 0.15) is 0 Å². The Labute approximate surface area is 139 Å². The molecule has 0 saturated heterocycles. The van der Waals surface area contributed by atoms with E-state index in [1.165, 1.54) is 19.3 Å². The molecule has 1 N–H and O–H groups in total. The van der Waals surface area contributed by atoms with Crippen molar-refractivity contribution in [1.82, 2.24) is 5.43 Å². The van der Waals surface area contributed by atoms with Gasteiger partial charge in [-0.15, -0.1) is 0 Å². The number of benzene rings is 1. The molecule has 0 saturated carbocycles. The summed E-state index contributed by atoms with van der Waals surface area (Å²) >= 11 is 3.44. The number of ether oxygens (including phenoxy) is 2. The summed E-state index contributed by atoms with van der Waals surface area (Å²) < 4.78 is 11.4. The van der Waals surface area contributed by atoms with Crippen LogP contribution in [0, 0.1) is 0 Å². The summed E-state index contributed by atoms with van der Waals surface area (Å²) in [5.41, 5.74) is 3.38. The van der Waals surface area contributed by atoms with Gasteiger partial charge in [0.25, 0.3) is 0 Å². The number of hydrogen-bond acceptors (Lipinski definition) is 4. The molecular formula is C16H21BrN2O3. The first-order valence-electron chi connectivity index (χ1n) is 7.61. The number of halogens is 1. The number of nitrogens with one attached hydrogen (secondary N) is 1. The van der Waals surface area contributed by atoms with Gasteiger partial charge in [-0.2, -0.15) is 5.10 Å². The summed E-state index contributed by atoms with van der Waals surface area (Å²) in [5.74, 6) is 1.34. The molecule has 0 fully saturated rings. The summed E-state index contributed by atoms with van der Waals surface area (Å²) in [7, 11) is 0. The molecule has 22 heavy (non-hydrogen) atoms. The van der Waals surface area contributed by atoms with Crippen LogP contribution in [0.3, 0.4) is 0 Å². The molecule has 6 heteroatoms. The van der Waals surface area contributed by atoms with Crippen LogP contribution in [0.15, 0.2) is 21.7 Å². The fourth-order valence-electron chi connectivity index (χ4n) is 2.15. The van der Waals surface area contributed by atoms with Crippen molar-refractivity contribution in [1.29, 1.82) is 0 Å². The van der Waals surface area contributed by atoms with Gasteiger partial charge < -0.3 is 9.47 Å². The van der Waals surface area contributed by atoms with Gasteiger partial charge in [-0.1, -0.05) is 32.6 Å². The number of nitrogens with zero attached hydrogens (tertiary/aromatic N) is 1. The second kappa shape index (κ2) is 8.78. The highest BCUT2D eigenvalue weighted by molar-refractivity contribution is 9.10. The molecule has 0 bridgehead atoms. The van der Waals surface area contributed by atoms with E-state index in [0.717, 1.165) is 22.9 Å². The predicted molar refractivity (Wildman–Crippen MR) is 89.4 cm³/mol. The molecular weight excluding hydrogens is 348 g/mol. The Balaban J connectivity index is 1.76. The molecule has 0 radical (unpaired) electrons. The maximum absolute atomic E-state index is 11.7. The number of fused-ring (bicyclic) bond motifs is 1. The third-order valence-corrected chi connectivity index (χ3v) is 4.08. The van der Waals surface area contributed by atoms with Crippen LogP contribution in [0.4, 0.5) is 0 Å². The van der Waals surface area contributed by atoms with Gasteiger partial charge >= 0.3 is 0 Å². The van der Waals surface area contributed by atoms with Crippen molar-refractivity contribution in [2.75, 3.05) is 6.79 Å². The fraction of sp³-hybridized carbons (Fsp3) is 0.500. The minimum absolute atomic E-state index is 0.0513. The predicted octanol–water partition coefficient (Wildman–Crippen LogP) is 3.99. The van der Waals surface area contributed by atoms with Gasteiger partial charge in [0.05, 0.1) is 6.21 Å². The van der Waals surface area contributed by atoms with Crippen LogP contribution in [0.25, 0.3) is 0 Å². The Hall–Kier alpha value is -1.56. The smallest absolute Gasteiger partial charge is 0.240 e. The van der Waals surface area contributed by atoms with Crippen molar-refractivity contribution in [2.24, 2.45) is 5.10 Å². The Bertz CT molecular complexity index is 546. The second-order valence-electron chi connectivity index (χ2n) is 5.18. The molecule has 0 aromatic heterocycles. The zero-order chi connectivity index (χ0) is 15.8. The summed E-state index contributed by atoms with van der Waals surface area (Å²) in [6.07, 6.45) is 7.76. The number of unbranched alkanes of at least 4 members (excludes halogenated alkanes) is 4. The molecule has 1 aliphatic rings. The van der Waals surface area contributed by atoms with E-state index in [-0.39, 0.29) is 12.7 Å². The molecule has 1 aromatic rings. The Morgan fingerprint density at radius 1 is 1.27 bits per heavy atom. The van der Waals surface area contributed by atoms with Gasteiger partial charge in [0, 0.05) is 16.5 Å². The number of rotatable bonds is 8. The highest BCUT2D eigenvalue weighted by Crippen LogP contribution is 2.36. The van der Waals surface area contributed by atoms with Crippen LogP contribution in [0.5, 0.6) is 11.5 Å². The molecule has 1 heterocycles. The molecule has 1 aliphatic heterocycles. The first-order chi connectivity index (χ1) is 10.7. The van der Waals surface area contributed by atoms with Crippen molar-refractivity contribution >= 4 is 28.1 Å². The Morgan fingerprint density at radius 3 is 2.77 bits per heavy atom. The lowest BCUT2D eigenvalue weighted by molar-refractivity contribution is -0.121. The van der Waals surface area contributed by atoms with E-state index in [0.29, 0.717) is 17.9 Å². The average molecular weight is 369 g/mol. The number of hydrogen-bond donors (Lipinski definition) is 1. The van der Waals surface area contributed by atoms with E-state index in [1.54, 1.807) is 6.21 Å². The molecule has 2 rings (SSSR count). The van der Waals surface area contributed by atoms with E-state index in [1.807, 2.05) is 12.1 Å². The SMILES string of the molecule is CCCCCCCC(=O)N/N=C\c1cc2c(cc1Br)OCO2. The highest BCUT2D eigenvalue weighted by Gasteiger charge is 2.15. The van der Waals surface area contributed by atoms with E-state index >= 15 is 0 Å². The number of hydrazone groups is 1. The number of carbonyl (C=O) groups excluding carboxylic acids is 1. The molecule has 1 aromatic carbocycles. The van der Waals surface area contributed by atoms with Crippen LogP contribution in [0.1, 0.15) is 51.0 Å². The lowest BCUT2D eigenvalue weighted by Gasteiger charge is -2.02. The zero-order valence-corrected chi connectivity index (χ0v) is 14.3. The Kier molecular flexibility index (Phi) is 6.71. The van der Waals surface area contributed by atoms with Gasteiger partial charge in [-0.3, -0.25) is 4.79 Å². The van der Waals surface area contributed by atoms with Crippen molar-refractivity contribution in [2.45, 2.75) is 45.4 Å². The third-order valence-electron chi connectivity index (χ3n) is 3.39. The average Bonchev–Trinajstić information content (AvgIpc) is 2.94. The Morgan fingerprint density at radius 2 is 2.00 bits per heavy atom. The molecule has 0 spiro atoms. The van der Waals surface area contributed by atoms with Crippen LogP contribution in [0.2, 0.25) is 0 Å². The van der Waals surface area contributed by atoms with E-state index in [9.17, 15) is 4.79 Å². The van der Waals surface area contributed by atoms with Gasteiger partial charge in [0.2, 0.25) is 12.7 Å².